The summed E-state index contributed by atoms with van der Waals surface area (Å²) in [5, 5.41) is 7.32. The van der Waals surface area contributed by atoms with Crippen molar-refractivity contribution in [2.24, 2.45) is 10.2 Å². The molecule has 1 aliphatic heterocycles. The Morgan fingerprint density at radius 3 is 2.89 bits per heavy atom. The largest absolute Gasteiger partial charge is 0.471 e. The van der Waals surface area contributed by atoms with E-state index in [1.165, 1.54) is 0 Å². The monoisotopic (exact) mass is 124 g/mol. The first-order valence-corrected chi connectivity index (χ1v) is 2.71. The molecule has 0 aliphatic carbocycles. The number of allylic oxidation sites excluding steroid dienone is 2. The second-order valence-corrected chi connectivity index (χ2v) is 1.56. The van der Waals surface area contributed by atoms with Crippen molar-refractivity contribution in [1.29, 1.82) is 0 Å². The Morgan fingerprint density at radius 1 is 1.44 bits per heavy atom. The highest BCUT2D eigenvalue weighted by molar-refractivity contribution is 5.06. The Balaban J connectivity index is 2.46. The molecule has 3 heteroatoms. The van der Waals surface area contributed by atoms with Crippen molar-refractivity contribution >= 4 is 0 Å². The fourth-order valence-electron chi connectivity index (χ4n) is 0.555. The third-order valence-electron chi connectivity index (χ3n) is 0.913. The van der Waals surface area contributed by atoms with Crippen LogP contribution in [0.15, 0.2) is 34.7 Å². The average molecular weight is 124 g/mol. The van der Waals surface area contributed by atoms with Gasteiger partial charge in [0.1, 0.15) is 0 Å². The molecule has 3 nitrogen and oxygen atoms in total. The lowest BCUT2D eigenvalue weighted by atomic mass is 10.4. The zero-order valence-electron chi connectivity index (χ0n) is 5.19. The number of nitrogens with zero attached hydrogens (tertiary/aromatic N) is 2. The van der Waals surface area contributed by atoms with Crippen LogP contribution in [0.25, 0.3) is 0 Å². The van der Waals surface area contributed by atoms with Crippen molar-refractivity contribution in [2.45, 2.75) is 6.23 Å². The predicted molar refractivity (Wildman–Crippen MR) is 33.9 cm³/mol. The molecular formula is C6H8N2O. The average Bonchev–Trinajstić information content (AvgIpc) is 1.91. The Morgan fingerprint density at radius 2 is 2.33 bits per heavy atom. The van der Waals surface area contributed by atoms with Crippen LogP contribution in [0.1, 0.15) is 0 Å². The third kappa shape index (κ3) is 1.68. The molecule has 1 rings (SSSR count). The van der Waals surface area contributed by atoms with E-state index in [0.29, 0.717) is 0 Å². The van der Waals surface area contributed by atoms with Gasteiger partial charge >= 0.3 is 0 Å². The van der Waals surface area contributed by atoms with Gasteiger partial charge in [-0.1, -0.05) is 6.08 Å². The van der Waals surface area contributed by atoms with Crippen LogP contribution in [0.2, 0.25) is 0 Å². The summed E-state index contributed by atoms with van der Waals surface area (Å²) in [4.78, 5) is 0. The van der Waals surface area contributed by atoms with Crippen molar-refractivity contribution in [1.82, 2.24) is 0 Å². The lowest BCUT2D eigenvalue weighted by molar-refractivity contribution is 0.184. The van der Waals surface area contributed by atoms with Gasteiger partial charge in [-0.2, -0.15) is 5.11 Å². The summed E-state index contributed by atoms with van der Waals surface area (Å²) in [6.45, 7) is 0. The van der Waals surface area contributed by atoms with Crippen LogP contribution in [0.5, 0.6) is 0 Å². The van der Waals surface area contributed by atoms with Gasteiger partial charge in [0.15, 0.2) is 0 Å². The zero-order valence-corrected chi connectivity index (χ0v) is 5.19. The molecule has 0 aromatic heterocycles. The second kappa shape index (κ2) is 3.02. The summed E-state index contributed by atoms with van der Waals surface area (Å²) < 4.78 is 4.99. The summed E-state index contributed by atoms with van der Waals surface area (Å²) >= 11 is 0. The van der Waals surface area contributed by atoms with Crippen molar-refractivity contribution in [3.8, 4) is 0 Å². The van der Waals surface area contributed by atoms with E-state index in [-0.39, 0.29) is 6.23 Å². The Kier molecular flexibility index (Phi) is 2.01. The Labute approximate surface area is 53.7 Å². The quantitative estimate of drug-likeness (QED) is 0.487. The van der Waals surface area contributed by atoms with Gasteiger partial charge in [-0.25, -0.2) is 0 Å². The highest BCUT2D eigenvalue weighted by atomic mass is 16.5. The minimum absolute atomic E-state index is 0.208. The third-order valence-corrected chi connectivity index (χ3v) is 0.913. The number of hydrogen-bond acceptors (Lipinski definition) is 3. The first kappa shape index (κ1) is 6.01. The molecular weight excluding hydrogens is 116 g/mol. The normalized spacial score (nSPS) is 24.8. The van der Waals surface area contributed by atoms with Gasteiger partial charge in [-0.3, -0.25) is 0 Å². The predicted octanol–water partition coefficient (Wildman–Crippen LogP) is 1.49. The second-order valence-electron chi connectivity index (χ2n) is 1.56. The molecule has 48 valence electrons. The maximum absolute atomic E-state index is 4.99. The molecule has 0 amide bonds. The molecule has 1 aliphatic rings. The minimum Gasteiger partial charge on any atom is -0.471 e. The van der Waals surface area contributed by atoms with Gasteiger partial charge in [-0.05, 0) is 12.2 Å². The van der Waals surface area contributed by atoms with Gasteiger partial charge in [0.05, 0.1) is 6.26 Å². The summed E-state index contributed by atoms with van der Waals surface area (Å²) in [5.74, 6) is 0. The molecule has 9 heavy (non-hydrogen) atoms. The van der Waals surface area contributed by atoms with Gasteiger partial charge in [-0.15, -0.1) is 5.11 Å². The lowest BCUT2D eigenvalue weighted by Crippen LogP contribution is -2.02. The summed E-state index contributed by atoms with van der Waals surface area (Å²) in [5.41, 5.74) is 0. The molecule has 0 aromatic rings. The zero-order chi connectivity index (χ0) is 6.53. The van der Waals surface area contributed by atoms with Crippen LogP contribution < -0.4 is 0 Å². The molecule has 0 saturated heterocycles. The first-order valence-electron chi connectivity index (χ1n) is 2.71. The topological polar surface area (TPSA) is 34.0 Å². The number of azo groups is 1. The van der Waals surface area contributed by atoms with Gasteiger partial charge < -0.3 is 4.74 Å². The molecule has 1 atom stereocenters. The lowest BCUT2D eigenvalue weighted by Gasteiger charge is -2.06. The molecule has 1 heterocycles. The maximum Gasteiger partial charge on any atom is 0.227 e. The Bertz CT molecular complexity index is 160. The molecule has 0 spiro atoms. The SMILES string of the molecule is CN=NC1C=CC=CO1. The molecule has 0 bridgehead atoms. The van der Waals surface area contributed by atoms with E-state index in [1.807, 2.05) is 18.2 Å². The van der Waals surface area contributed by atoms with Crippen LogP contribution in [0, 0.1) is 0 Å². The van der Waals surface area contributed by atoms with E-state index in [4.69, 9.17) is 4.74 Å². The van der Waals surface area contributed by atoms with E-state index in [9.17, 15) is 0 Å². The summed E-state index contributed by atoms with van der Waals surface area (Å²) in [6, 6.07) is 0. The summed E-state index contributed by atoms with van der Waals surface area (Å²) in [7, 11) is 1.62. The van der Waals surface area contributed by atoms with Gasteiger partial charge in [0.2, 0.25) is 6.23 Å². The standard InChI is InChI=1S/C6H8N2O/c1-7-8-6-4-2-3-5-9-6/h2-6H,1H3. The fraction of sp³-hybridized carbons (Fsp3) is 0.333. The van der Waals surface area contributed by atoms with E-state index in [1.54, 1.807) is 13.3 Å². The molecule has 0 saturated carbocycles. The van der Waals surface area contributed by atoms with E-state index >= 15 is 0 Å². The van der Waals surface area contributed by atoms with Crippen molar-refractivity contribution in [2.75, 3.05) is 7.05 Å². The smallest absolute Gasteiger partial charge is 0.227 e. The molecule has 0 fully saturated rings. The van der Waals surface area contributed by atoms with Gasteiger partial charge in [0.25, 0.3) is 0 Å². The van der Waals surface area contributed by atoms with Crippen LogP contribution >= 0.6 is 0 Å². The van der Waals surface area contributed by atoms with Crippen molar-refractivity contribution in [3.05, 3.63) is 24.5 Å². The Hall–Kier alpha value is -1.12. The highest BCUT2D eigenvalue weighted by Gasteiger charge is 1.99. The van der Waals surface area contributed by atoms with Crippen LogP contribution in [-0.2, 0) is 4.74 Å². The van der Waals surface area contributed by atoms with E-state index in [0.717, 1.165) is 0 Å². The fourth-order valence-corrected chi connectivity index (χ4v) is 0.555. The molecule has 0 aromatic carbocycles. The van der Waals surface area contributed by atoms with E-state index in [2.05, 4.69) is 10.2 Å². The number of ether oxygens (including phenoxy) is 1. The number of hydrogen-bond donors (Lipinski definition) is 0. The van der Waals surface area contributed by atoms with E-state index < -0.39 is 0 Å². The minimum atomic E-state index is -0.208. The number of rotatable bonds is 1. The van der Waals surface area contributed by atoms with Crippen LogP contribution in [0.3, 0.4) is 0 Å². The molecule has 1 unspecified atom stereocenters. The molecule has 0 radical (unpaired) electrons. The van der Waals surface area contributed by atoms with Gasteiger partial charge in [0, 0.05) is 7.05 Å². The highest BCUT2D eigenvalue weighted by Crippen LogP contribution is 2.02. The summed E-state index contributed by atoms with van der Waals surface area (Å²) in [6.07, 6.45) is 6.90. The first-order chi connectivity index (χ1) is 4.43. The maximum atomic E-state index is 4.99. The molecule has 0 N–H and O–H groups in total. The van der Waals surface area contributed by atoms with Crippen molar-refractivity contribution in [3.63, 3.8) is 0 Å². The van der Waals surface area contributed by atoms with Crippen LogP contribution in [-0.4, -0.2) is 13.3 Å². The van der Waals surface area contributed by atoms with Crippen molar-refractivity contribution < 1.29 is 4.74 Å². The van der Waals surface area contributed by atoms with Crippen LogP contribution in [0.4, 0.5) is 0 Å².